The highest BCUT2D eigenvalue weighted by atomic mass is 79.9. The van der Waals surface area contributed by atoms with Crippen LogP contribution < -0.4 is 10.1 Å². The standard InChI is InChI=1S/C17H14BrN3O3/c1-11-4-2-3-5-14(11)16-20-17(21-24-16)19-15(22)10-23-13-8-6-12(18)7-9-13/h2-9H,10H2,1H3,(H,19,21,22). The third kappa shape index (κ3) is 3.99. The van der Waals surface area contributed by atoms with E-state index >= 15 is 0 Å². The van der Waals surface area contributed by atoms with E-state index in [1.165, 1.54) is 0 Å². The average Bonchev–Trinajstić information content (AvgIpc) is 3.03. The minimum Gasteiger partial charge on any atom is -0.484 e. The fourth-order valence-corrected chi connectivity index (χ4v) is 2.30. The zero-order chi connectivity index (χ0) is 16.9. The summed E-state index contributed by atoms with van der Waals surface area (Å²) in [6, 6.07) is 14.8. The molecule has 0 aliphatic rings. The molecule has 1 aromatic heterocycles. The Kier molecular flexibility index (Phi) is 4.90. The summed E-state index contributed by atoms with van der Waals surface area (Å²) in [5.74, 6) is 0.701. The summed E-state index contributed by atoms with van der Waals surface area (Å²) in [6.07, 6.45) is 0. The Balaban J connectivity index is 1.59. The first-order valence-corrected chi connectivity index (χ1v) is 7.99. The van der Waals surface area contributed by atoms with Gasteiger partial charge in [0.15, 0.2) is 6.61 Å². The molecule has 0 saturated heterocycles. The van der Waals surface area contributed by atoms with Crippen molar-refractivity contribution in [1.82, 2.24) is 10.1 Å². The van der Waals surface area contributed by atoms with E-state index in [-0.39, 0.29) is 18.5 Å². The maximum absolute atomic E-state index is 11.9. The zero-order valence-electron chi connectivity index (χ0n) is 12.8. The smallest absolute Gasteiger partial charge is 0.270 e. The molecule has 24 heavy (non-hydrogen) atoms. The first-order valence-electron chi connectivity index (χ1n) is 7.20. The molecule has 1 N–H and O–H groups in total. The molecule has 3 aromatic rings. The SMILES string of the molecule is Cc1ccccc1-c1nc(NC(=O)COc2ccc(Br)cc2)no1. The molecule has 0 atom stereocenters. The lowest BCUT2D eigenvalue weighted by molar-refractivity contribution is -0.118. The van der Waals surface area contributed by atoms with Crippen LogP contribution >= 0.6 is 15.9 Å². The number of ether oxygens (including phenoxy) is 1. The Morgan fingerprint density at radius 1 is 1.21 bits per heavy atom. The number of benzene rings is 2. The molecule has 0 bridgehead atoms. The third-order valence-corrected chi connectivity index (χ3v) is 3.76. The van der Waals surface area contributed by atoms with E-state index in [0.29, 0.717) is 11.6 Å². The number of carbonyl (C=O) groups is 1. The second-order valence-electron chi connectivity index (χ2n) is 5.03. The van der Waals surface area contributed by atoms with Crippen molar-refractivity contribution >= 4 is 27.8 Å². The number of amides is 1. The number of halogens is 1. The molecule has 7 heteroatoms. The van der Waals surface area contributed by atoms with E-state index in [1.54, 1.807) is 12.1 Å². The minimum atomic E-state index is -0.366. The van der Waals surface area contributed by atoms with Crippen LogP contribution in [0.1, 0.15) is 5.56 Å². The molecular formula is C17H14BrN3O3. The molecule has 6 nitrogen and oxygen atoms in total. The molecule has 3 rings (SSSR count). The highest BCUT2D eigenvalue weighted by Crippen LogP contribution is 2.22. The number of rotatable bonds is 5. The Labute approximate surface area is 147 Å². The summed E-state index contributed by atoms with van der Waals surface area (Å²) in [7, 11) is 0. The predicted molar refractivity (Wildman–Crippen MR) is 92.7 cm³/mol. The van der Waals surface area contributed by atoms with Crippen LogP contribution in [0.5, 0.6) is 5.75 Å². The number of aryl methyl sites for hydroxylation is 1. The maximum Gasteiger partial charge on any atom is 0.270 e. The molecule has 0 saturated carbocycles. The van der Waals surface area contributed by atoms with Crippen molar-refractivity contribution in [1.29, 1.82) is 0 Å². The summed E-state index contributed by atoms with van der Waals surface area (Å²) >= 11 is 3.33. The average molecular weight is 388 g/mol. The van der Waals surface area contributed by atoms with Crippen molar-refractivity contribution in [2.45, 2.75) is 6.92 Å². The highest BCUT2D eigenvalue weighted by molar-refractivity contribution is 9.10. The summed E-state index contributed by atoms with van der Waals surface area (Å²) in [5.41, 5.74) is 1.84. The van der Waals surface area contributed by atoms with Crippen LogP contribution in [0.3, 0.4) is 0 Å². The van der Waals surface area contributed by atoms with Crippen LogP contribution in [0.2, 0.25) is 0 Å². The van der Waals surface area contributed by atoms with Crippen LogP contribution in [0.25, 0.3) is 11.5 Å². The van der Waals surface area contributed by atoms with E-state index in [9.17, 15) is 4.79 Å². The number of hydrogen-bond acceptors (Lipinski definition) is 5. The van der Waals surface area contributed by atoms with Crippen LogP contribution in [0, 0.1) is 6.92 Å². The van der Waals surface area contributed by atoms with Crippen molar-refractivity contribution in [2.24, 2.45) is 0 Å². The van der Waals surface area contributed by atoms with Gasteiger partial charge in [-0.1, -0.05) is 34.1 Å². The van der Waals surface area contributed by atoms with E-state index in [2.05, 4.69) is 31.4 Å². The third-order valence-electron chi connectivity index (χ3n) is 3.24. The lowest BCUT2D eigenvalue weighted by Gasteiger charge is -2.05. The minimum absolute atomic E-state index is 0.109. The van der Waals surface area contributed by atoms with Gasteiger partial charge in [-0.2, -0.15) is 4.98 Å². The molecule has 0 unspecified atom stereocenters. The molecular weight excluding hydrogens is 374 g/mol. The molecule has 0 aliphatic heterocycles. The predicted octanol–water partition coefficient (Wildman–Crippen LogP) is 3.83. The van der Waals surface area contributed by atoms with Crippen LogP contribution in [0.15, 0.2) is 57.5 Å². The van der Waals surface area contributed by atoms with Gasteiger partial charge in [-0.15, -0.1) is 0 Å². The largest absolute Gasteiger partial charge is 0.484 e. The molecule has 1 amide bonds. The van der Waals surface area contributed by atoms with Crippen LogP contribution in [-0.4, -0.2) is 22.7 Å². The van der Waals surface area contributed by atoms with Crippen molar-refractivity contribution in [3.8, 4) is 17.2 Å². The number of carbonyl (C=O) groups excluding carboxylic acids is 1. The topological polar surface area (TPSA) is 77.2 Å². The van der Waals surface area contributed by atoms with E-state index in [0.717, 1.165) is 15.6 Å². The first kappa shape index (κ1) is 16.2. The summed E-state index contributed by atoms with van der Waals surface area (Å²) in [5, 5.41) is 6.30. The lowest BCUT2D eigenvalue weighted by Crippen LogP contribution is -2.20. The van der Waals surface area contributed by atoms with Gasteiger partial charge in [-0.3, -0.25) is 10.1 Å². The van der Waals surface area contributed by atoms with Crippen molar-refractivity contribution in [2.75, 3.05) is 11.9 Å². The summed E-state index contributed by atoms with van der Waals surface area (Å²) in [4.78, 5) is 16.1. The van der Waals surface area contributed by atoms with Gasteiger partial charge in [0, 0.05) is 10.0 Å². The van der Waals surface area contributed by atoms with Gasteiger partial charge in [-0.25, -0.2) is 0 Å². The second-order valence-corrected chi connectivity index (χ2v) is 5.94. The molecule has 0 fully saturated rings. The van der Waals surface area contributed by atoms with Crippen molar-refractivity contribution in [3.63, 3.8) is 0 Å². The van der Waals surface area contributed by atoms with Gasteiger partial charge in [0.1, 0.15) is 5.75 Å². The molecule has 0 radical (unpaired) electrons. The van der Waals surface area contributed by atoms with Gasteiger partial charge in [0.25, 0.3) is 17.7 Å². The van der Waals surface area contributed by atoms with Gasteiger partial charge in [0.05, 0.1) is 0 Å². The van der Waals surface area contributed by atoms with E-state index in [1.807, 2.05) is 43.3 Å². The molecule has 0 aliphatic carbocycles. The maximum atomic E-state index is 11.9. The first-order chi connectivity index (χ1) is 11.6. The fourth-order valence-electron chi connectivity index (χ4n) is 2.04. The number of nitrogens with zero attached hydrogens (tertiary/aromatic N) is 2. The fraction of sp³-hybridized carbons (Fsp3) is 0.118. The van der Waals surface area contributed by atoms with Crippen LogP contribution in [-0.2, 0) is 4.79 Å². The Morgan fingerprint density at radius 2 is 1.96 bits per heavy atom. The van der Waals surface area contributed by atoms with Gasteiger partial charge < -0.3 is 9.26 Å². The highest BCUT2D eigenvalue weighted by Gasteiger charge is 2.13. The van der Waals surface area contributed by atoms with E-state index in [4.69, 9.17) is 9.26 Å². The Morgan fingerprint density at radius 3 is 2.71 bits per heavy atom. The quantitative estimate of drug-likeness (QED) is 0.719. The number of hydrogen-bond donors (Lipinski definition) is 1. The Hall–Kier alpha value is -2.67. The molecule has 1 heterocycles. The van der Waals surface area contributed by atoms with E-state index < -0.39 is 0 Å². The van der Waals surface area contributed by atoms with Gasteiger partial charge in [-0.05, 0) is 48.0 Å². The second kappa shape index (κ2) is 7.27. The normalized spacial score (nSPS) is 10.4. The van der Waals surface area contributed by atoms with Gasteiger partial charge in [0.2, 0.25) is 0 Å². The van der Waals surface area contributed by atoms with Crippen molar-refractivity contribution < 1.29 is 14.1 Å². The summed E-state index contributed by atoms with van der Waals surface area (Å²) in [6.45, 7) is 1.81. The monoisotopic (exact) mass is 387 g/mol. The molecule has 122 valence electrons. The number of anilines is 1. The molecule has 0 spiro atoms. The summed E-state index contributed by atoms with van der Waals surface area (Å²) < 4.78 is 11.5. The van der Waals surface area contributed by atoms with Crippen molar-refractivity contribution in [3.05, 3.63) is 58.6 Å². The Bertz CT molecular complexity index is 846. The molecule has 2 aromatic carbocycles. The number of nitrogens with one attached hydrogen (secondary N) is 1. The number of aromatic nitrogens is 2. The lowest BCUT2D eigenvalue weighted by atomic mass is 10.1. The van der Waals surface area contributed by atoms with Gasteiger partial charge >= 0.3 is 0 Å². The zero-order valence-corrected chi connectivity index (χ0v) is 14.4. The van der Waals surface area contributed by atoms with Crippen LogP contribution in [0.4, 0.5) is 5.95 Å².